The van der Waals surface area contributed by atoms with Gasteiger partial charge in [-0.25, -0.2) is 0 Å². The monoisotopic (exact) mass is 291 g/mol. The Hall–Kier alpha value is -1.06. The minimum atomic E-state index is 0.117. The van der Waals surface area contributed by atoms with Crippen LogP contribution in [0.3, 0.4) is 0 Å². The van der Waals surface area contributed by atoms with E-state index in [-0.39, 0.29) is 12.1 Å². The van der Waals surface area contributed by atoms with Gasteiger partial charge in [-0.2, -0.15) is 0 Å². The lowest BCUT2D eigenvalue weighted by molar-refractivity contribution is -0.0165. The van der Waals surface area contributed by atoms with Gasteiger partial charge in [-0.1, -0.05) is 57.7 Å². The van der Waals surface area contributed by atoms with E-state index in [9.17, 15) is 0 Å². The van der Waals surface area contributed by atoms with Gasteiger partial charge in [-0.05, 0) is 19.0 Å². The summed E-state index contributed by atoms with van der Waals surface area (Å²) in [6, 6.07) is 8.52. The topological polar surface area (TPSA) is 30.5 Å². The summed E-state index contributed by atoms with van der Waals surface area (Å²) in [7, 11) is 0. The first-order chi connectivity index (χ1) is 10.4. The highest BCUT2D eigenvalue weighted by Crippen LogP contribution is 2.33. The van der Waals surface area contributed by atoms with Crippen molar-refractivity contribution in [2.75, 3.05) is 19.8 Å². The molecule has 0 amide bonds. The van der Waals surface area contributed by atoms with Gasteiger partial charge < -0.3 is 14.8 Å². The molecule has 1 heterocycles. The molecule has 1 N–H and O–H groups in total. The summed E-state index contributed by atoms with van der Waals surface area (Å²) in [4.78, 5) is 0. The highest BCUT2D eigenvalue weighted by Gasteiger charge is 2.30. The van der Waals surface area contributed by atoms with E-state index >= 15 is 0 Å². The largest absolute Gasteiger partial charge is 0.490 e. The third-order valence-corrected chi connectivity index (χ3v) is 4.03. The normalized spacial score (nSPS) is 20.9. The maximum absolute atomic E-state index is 6.10. The van der Waals surface area contributed by atoms with Crippen LogP contribution in [-0.2, 0) is 4.74 Å². The first-order valence-corrected chi connectivity index (χ1v) is 8.43. The standard InChI is InChI=1S/C18H29NO2/c1-3-5-6-7-10-13-20-17-14-21-16-12-9-8-11-15(16)18(17)19-4-2/h8-9,11-12,17-19H,3-7,10,13-14H2,1-2H3. The van der Waals surface area contributed by atoms with Gasteiger partial charge in [0.25, 0.3) is 0 Å². The third-order valence-electron chi connectivity index (χ3n) is 4.03. The van der Waals surface area contributed by atoms with Crippen LogP contribution in [0.2, 0.25) is 0 Å². The molecule has 0 fully saturated rings. The van der Waals surface area contributed by atoms with Crippen LogP contribution in [0.5, 0.6) is 5.75 Å². The van der Waals surface area contributed by atoms with Crippen molar-refractivity contribution in [3.8, 4) is 5.75 Å². The van der Waals surface area contributed by atoms with E-state index < -0.39 is 0 Å². The van der Waals surface area contributed by atoms with Crippen molar-refractivity contribution in [3.05, 3.63) is 29.8 Å². The van der Waals surface area contributed by atoms with Crippen LogP contribution >= 0.6 is 0 Å². The van der Waals surface area contributed by atoms with Gasteiger partial charge in [-0.3, -0.25) is 0 Å². The van der Waals surface area contributed by atoms with Gasteiger partial charge in [-0.15, -0.1) is 0 Å². The molecule has 2 atom stereocenters. The molecule has 0 saturated heterocycles. The van der Waals surface area contributed by atoms with Crippen molar-refractivity contribution in [1.29, 1.82) is 0 Å². The molecule has 2 rings (SSSR count). The SMILES string of the molecule is CCCCCCCOC1COc2ccccc2C1NCC. The zero-order valence-corrected chi connectivity index (χ0v) is 13.4. The molecule has 0 saturated carbocycles. The Kier molecular flexibility index (Phi) is 7.04. The molecule has 0 bridgehead atoms. The Morgan fingerprint density at radius 2 is 1.95 bits per heavy atom. The lowest BCUT2D eigenvalue weighted by atomic mass is 9.98. The number of fused-ring (bicyclic) bond motifs is 1. The molecule has 0 radical (unpaired) electrons. The number of unbranched alkanes of at least 4 members (excludes halogenated alkanes) is 4. The smallest absolute Gasteiger partial charge is 0.124 e. The van der Waals surface area contributed by atoms with Crippen molar-refractivity contribution in [2.24, 2.45) is 0 Å². The molecule has 1 aliphatic rings. The Morgan fingerprint density at radius 3 is 2.76 bits per heavy atom. The zero-order valence-electron chi connectivity index (χ0n) is 13.4. The maximum atomic E-state index is 6.10. The molecular formula is C18H29NO2. The fourth-order valence-electron chi connectivity index (χ4n) is 2.88. The van der Waals surface area contributed by atoms with E-state index in [2.05, 4.69) is 31.3 Å². The number of hydrogen-bond acceptors (Lipinski definition) is 3. The van der Waals surface area contributed by atoms with E-state index in [4.69, 9.17) is 9.47 Å². The number of nitrogens with one attached hydrogen (secondary N) is 1. The Bertz CT molecular complexity index is 408. The number of para-hydroxylation sites is 1. The van der Waals surface area contributed by atoms with Crippen molar-refractivity contribution < 1.29 is 9.47 Å². The van der Waals surface area contributed by atoms with Crippen LogP contribution in [0.15, 0.2) is 24.3 Å². The average Bonchev–Trinajstić information content (AvgIpc) is 2.52. The van der Waals surface area contributed by atoms with Crippen molar-refractivity contribution in [3.63, 3.8) is 0 Å². The quantitative estimate of drug-likeness (QED) is 0.695. The number of hydrogen-bond donors (Lipinski definition) is 1. The first-order valence-electron chi connectivity index (χ1n) is 8.43. The zero-order chi connectivity index (χ0) is 14.9. The predicted molar refractivity (Wildman–Crippen MR) is 86.9 cm³/mol. The number of ether oxygens (including phenoxy) is 2. The van der Waals surface area contributed by atoms with Gasteiger partial charge in [0.15, 0.2) is 0 Å². The highest BCUT2D eigenvalue weighted by atomic mass is 16.5. The highest BCUT2D eigenvalue weighted by molar-refractivity contribution is 5.38. The fourth-order valence-corrected chi connectivity index (χ4v) is 2.88. The summed E-state index contributed by atoms with van der Waals surface area (Å²) in [5.74, 6) is 0.992. The summed E-state index contributed by atoms with van der Waals surface area (Å²) < 4.78 is 11.9. The summed E-state index contributed by atoms with van der Waals surface area (Å²) >= 11 is 0. The van der Waals surface area contributed by atoms with Crippen LogP contribution < -0.4 is 10.1 Å². The number of rotatable bonds is 9. The van der Waals surface area contributed by atoms with Crippen molar-refractivity contribution in [1.82, 2.24) is 5.32 Å². The molecule has 1 aromatic rings. The summed E-state index contributed by atoms with van der Waals surface area (Å²) in [5, 5.41) is 3.55. The summed E-state index contributed by atoms with van der Waals surface area (Å²) in [6.07, 6.45) is 6.48. The summed E-state index contributed by atoms with van der Waals surface area (Å²) in [5.41, 5.74) is 1.22. The second-order valence-corrected chi connectivity index (χ2v) is 5.71. The van der Waals surface area contributed by atoms with Crippen LogP contribution in [-0.4, -0.2) is 25.9 Å². The third kappa shape index (κ3) is 4.72. The average molecular weight is 291 g/mol. The maximum Gasteiger partial charge on any atom is 0.124 e. The van der Waals surface area contributed by atoms with Crippen LogP contribution in [0.25, 0.3) is 0 Å². The molecule has 21 heavy (non-hydrogen) atoms. The van der Waals surface area contributed by atoms with Gasteiger partial charge in [0, 0.05) is 12.2 Å². The molecular weight excluding hydrogens is 262 g/mol. The van der Waals surface area contributed by atoms with Crippen molar-refractivity contribution >= 4 is 0 Å². The Morgan fingerprint density at radius 1 is 1.14 bits per heavy atom. The van der Waals surface area contributed by atoms with Gasteiger partial charge >= 0.3 is 0 Å². The minimum absolute atomic E-state index is 0.117. The van der Waals surface area contributed by atoms with Crippen LogP contribution in [0, 0.1) is 0 Å². The second kappa shape index (κ2) is 9.06. The van der Waals surface area contributed by atoms with Crippen LogP contribution in [0.1, 0.15) is 57.6 Å². The fraction of sp³-hybridized carbons (Fsp3) is 0.667. The predicted octanol–water partition coefficient (Wildman–Crippen LogP) is 4.09. The van der Waals surface area contributed by atoms with E-state index in [0.29, 0.717) is 6.61 Å². The molecule has 1 aliphatic heterocycles. The molecule has 1 aromatic carbocycles. The molecule has 3 nitrogen and oxygen atoms in total. The van der Waals surface area contributed by atoms with E-state index in [1.54, 1.807) is 0 Å². The Labute approximate surface area is 129 Å². The van der Waals surface area contributed by atoms with E-state index in [0.717, 1.165) is 25.3 Å². The molecule has 118 valence electrons. The number of benzene rings is 1. The Balaban J connectivity index is 1.85. The molecule has 2 unspecified atom stereocenters. The summed E-state index contributed by atoms with van der Waals surface area (Å²) in [6.45, 7) is 6.80. The van der Waals surface area contributed by atoms with E-state index in [1.807, 2.05) is 12.1 Å². The van der Waals surface area contributed by atoms with Crippen molar-refractivity contribution in [2.45, 2.75) is 58.1 Å². The molecule has 0 aliphatic carbocycles. The second-order valence-electron chi connectivity index (χ2n) is 5.71. The van der Waals surface area contributed by atoms with Gasteiger partial charge in [0.05, 0.1) is 6.04 Å². The van der Waals surface area contributed by atoms with Crippen LogP contribution in [0.4, 0.5) is 0 Å². The lowest BCUT2D eigenvalue weighted by Crippen LogP contribution is -2.41. The van der Waals surface area contributed by atoms with Gasteiger partial charge in [0.1, 0.15) is 18.5 Å². The molecule has 0 spiro atoms. The first kappa shape index (κ1) is 16.3. The minimum Gasteiger partial charge on any atom is -0.490 e. The van der Waals surface area contributed by atoms with Gasteiger partial charge in [0.2, 0.25) is 0 Å². The number of likely N-dealkylation sites (N-methyl/N-ethyl adjacent to an activating group) is 1. The van der Waals surface area contributed by atoms with E-state index in [1.165, 1.54) is 31.2 Å². The molecule has 3 heteroatoms. The molecule has 0 aromatic heterocycles. The lowest BCUT2D eigenvalue weighted by Gasteiger charge is -2.34.